The molecule has 2 N–H and O–H groups in total. The number of likely N-dealkylation sites (N-methyl/N-ethyl adjacent to an activating group) is 2. The van der Waals surface area contributed by atoms with Crippen molar-refractivity contribution in [2.45, 2.75) is 19.4 Å². The van der Waals surface area contributed by atoms with Crippen molar-refractivity contribution in [3.63, 3.8) is 0 Å². The fraction of sp³-hybridized carbons (Fsp3) is 0.500. The van der Waals surface area contributed by atoms with Gasteiger partial charge in [-0.1, -0.05) is 44.2 Å². The van der Waals surface area contributed by atoms with Crippen molar-refractivity contribution in [3.8, 4) is 0 Å². The van der Waals surface area contributed by atoms with Crippen molar-refractivity contribution in [3.05, 3.63) is 35.9 Å². The summed E-state index contributed by atoms with van der Waals surface area (Å²) in [6, 6.07) is 9.36. The molecule has 0 aliphatic heterocycles. The molecule has 0 saturated carbocycles. The second-order valence-corrected chi connectivity index (χ2v) is 4.44. The first-order valence-corrected chi connectivity index (χ1v) is 6.29. The summed E-state index contributed by atoms with van der Waals surface area (Å²) in [5, 5.41) is 12.8. The molecule has 0 amide bonds. The zero-order chi connectivity index (χ0) is 13.6. The highest BCUT2D eigenvalue weighted by Crippen LogP contribution is 2.22. The summed E-state index contributed by atoms with van der Waals surface area (Å²) >= 11 is 0. The highest BCUT2D eigenvalue weighted by Gasteiger charge is 2.40. The first-order chi connectivity index (χ1) is 8.56. The molecule has 0 aromatic heterocycles. The van der Waals surface area contributed by atoms with E-state index < -0.39 is 11.5 Å². The minimum atomic E-state index is -1.04. The van der Waals surface area contributed by atoms with Gasteiger partial charge in [0.2, 0.25) is 0 Å². The monoisotopic (exact) mass is 250 g/mol. The number of rotatable bonds is 7. The van der Waals surface area contributed by atoms with E-state index in [1.807, 2.05) is 56.1 Å². The molecule has 0 spiro atoms. The molecule has 0 aliphatic carbocycles. The lowest BCUT2D eigenvalue weighted by Crippen LogP contribution is -2.55. The van der Waals surface area contributed by atoms with E-state index >= 15 is 0 Å². The Morgan fingerprint density at radius 2 is 1.94 bits per heavy atom. The van der Waals surface area contributed by atoms with Crippen LogP contribution in [-0.4, -0.2) is 42.7 Å². The van der Waals surface area contributed by atoms with E-state index in [1.54, 1.807) is 0 Å². The van der Waals surface area contributed by atoms with E-state index in [0.29, 0.717) is 13.1 Å². The van der Waals surface area contributed by atoms with Gasteiger partial charge in [0.1, 0.15) is 0 Å². The predicted octanol–water partition coefficient (Wildman–Crippen LogP) is 1.53. The van der Waals surface area contributed by atoms with E-state index in [1.165, 1.54) is 0 Å². The van der Waals surface area contributed by atoms with Gasteiger partial charge in [-0.05, 0) is 25.7 Å². The van der Waals surface area contributed by atoms with E-state index in [-0.39, 0.29) is 0 Å². The van der Waals surface area contributed by atoms with Crippen LogP contribution < -0.4 is 5.32 Å². The van der Waals surface area contributed by atoms with Gasteiger partial charge in [0.15, 0.2) is 5.54 Å². The van der Waals surface area contributed by atoms with Gasteiger partial charge in [0, 0.05) is 6.54 Å². The fourth-order valence-electron chi connectivity index (χ4n) is 2.06. The van der Waals surface area contributed by atoms with Crippen molar-refractivity contribution in [2.75, 3.05) is 26.7 Å². The van der Waals surface area contributed by atoms with Gasteiger partial charge in [-0.15, -0.1) is 0 Å². The second-order valence-electron chi connectivity index (χ2n) is 4.44. The first kappa shape index (κ1) is 14.7. The molecule has 0 saturated heterocycles. The average molecular weight is 250 g/mol. The first-order valence-electron chi connectivity index (χ1n) is 6.29. The number of benzene rings is 1. The molecule has 1 aromatic rings. The minimum Gasteiger partial charge on any atom is -0.480 e. The van der Waals surface area contributed by atoms with Crippen molar-refractivity contribution < 1.29 is 9.90 Å². The molecule has 4 nitrogen and oxygen atoms in total. The summed E-state index contributed by atoms with van der Waals surface area (Å²) in [7, 11) is 1.93. The standard InChI is InChI=1S/C14H22N2O2/c1-4-15-14(13(17)18,11-16(3)5-2)12-9-7-6-8-10-12/h6-10,15H,4-5,11H2,1-3H3,(H,17,18). The van der Waals surface area contributed by atoms with Crippen LogP contribution in [0, 0.1) is 0 Å². The van der Waals surface area contributed by atoms with Gasteiger partial charge < -0.3 is 10.0 Å². The van der Waals surface area contributed by atoms with E-state index in [9.17, 15) is 9.90 Å². The van der Waals surface area contributed by atoms with Crippen LogP contribution in [0.4, 0.5) is 0 Å². The van der Waals surface area contributed by atoms with Crippen molar-refractivity contribution in [1.82, 2.24) is 10.2 Å². The van der Waals surface area contributed by atoms with Crippen molar-refractivity contribution in [2.24, 2.45) is 0 Å². The Labute approximate surface area is 109 Å². The van der Waals surface area contributed by atoms with E-state index in [0.717, 1.165) is 12.1 Å². The van der Waals surface area contributed by atoms with Crippen LogP contribution in [0.2, 0.25) is 0 Å². The molecule has 0 fully saturated rings. The Morgan fingerprint density at radius 1 is 1.33 bits per heavy atom. The van der Waals surface area contributed by atoms with Gasteiger partial charge in [-0.3, -0.25) is 5.32 Å². The fourth-order valence-corrected chi connectivity index (χ4v) is 2.06. The Hall–Kier alpha value is -1.39. The maximum absolute atomic E-state index is 11.8. The van der Waals surface area contributed by atoms with Crippen LogP contribution in [0.5, 0.6) is 0 Å². The summed E-state index contributed by atoms with van der Waals surface area (Å²) in [6.07, 6.45) is 0. The normalized spacial score (nSPS) is 14.4. The molecule has 4 heteroatoms. The maximum Gasteiger partial charge on any atom is 0.329 e. The Balaban J connectivity index is 3.17. The molecule has 100 valence electrons. The Kier molecular flexibility index (Phi) is 5.31. The zero-order valence-corrected chi connectivity index (χ0v) is 11.3. The quantitative estimate of drug-likeness (QED) is 0.770. The van der Waals surface area contributed by atoms with Crippen LogP contribution in [0.15, 0.2) is 30.3 Å². The summed E-state index contributed by atoms with van der Waals surface area (Å²) < 4.78 is 0. The van der Waals surface area contributed by atoms with Gasteiger partial charge in [-0.25, -0.2) is 4.79 Å². The Bertz CT molecular complexity index is 381. The van der Waals surface area contributed by atoms with Crippen LogP contribution >= 0.6 is 0 Å². The van der Waals surface area contributed by atoms with Crippen LogP contribution in [-0.2, 0) is 10.3 Å². The molecule has 0 radical (unpaired) electrons. The molecule has 0 heterocycles. The average Bonchev–Trinajstić information content (AvgIpc) is 2.38. The lowest BCUT2D eigenvalue weighted by molar-refractivity contribution is -0.146. The predicted molar refractivity (Wildman–Crippen MR) is 72.6 cm³/mol. The largest absolute Gasteiger partial charge is 0.480 e. The summed E-state index contributed by atoms with van der Waals surface area (Å²) in [4.78, 5) is 13.8. The molecule has 1 aromatic carbocycles. The van der Waals surface area contributed by atoms with Gasteiger partial charge in [0.05, 0.1) is 0 Å². The minimum absolute atomic E-state index is 0.441. The molecule has 1 rings (SSSR count). The molecule has 0 bridgehead atoms. The summed E-state index contributed by atoms with van der Waals surface area (Å²) in [5.41, 5.74) is -0.250. The van der Waals surface area contributed by atoms with E-state index in [2.05, 4.69) is 5.32 Å². The summed E-state index contributed by atoms with van der Waals surface area (Å²) in [5.74, 6) is -0.837. The number of nitrogens with one attached hydrogen (secondary N) is 1. The smallest absolute Gasteiger partial charge is 0.329 e. The van der Waals surface area contributed by atoms with Gasteiger partial charge >= 0.3 is 5.97 Å². The number of carboxylic acid groups (broad SMARTS) is 1. The van der Waals surface area contributed by atoms with Gasteiger partial charge in [-0.2, -0.15) is 0 Å². The van der Waals surface area contributed by atoms with E-state index in [4.69, 9.17) is 0 Å². The lowest BCUT2D eigenvalue weighted by Gasteiger charge is -2.34. The highest BCUT2D eigenvalue weighted by atomic mass is 16.4. The lowest BCUT2D eigenvalue weighted by atomic mass is 9.89. The number of carboxylic acids is 1. The van der Waals surface area contributed by atoms with Crippen molar-refractivity contribution >= 4 is 5.97 Å². The SMILES string of the molecule is CCNC(CN(C)CC)(C(=O)O)c1ccccc1. The number of hydrogen-bond acceptors (Lipinski definition) is 3. The topological polar surface area (TPSA) is 52.6 Å². The number of aliphatic carboxylic acids is 1. The molecular weight excluding hydrogens is 228 g/mol. The third kappa shape index (κ3) is 3.09. The third-order valence-electron chi connectivity index (χ3n) is 3.16. The maximum atomic E-state index is 11.8. The molecule has 0 aliphatic rings. The van der Waals surface area contributed by atoms with Crippen molar-refractivity contribution in [1.29, 1.82) is 0 Å². The molecule has 18 heavy (non-hydrogen) atoms. The van der Waals surface area contributed by atoms with Crippen LogP contribution in [0.25, 0.3) is 0 Å². The number of nitrogens with zero attached hydrogens (tertiary/aromatic N) is 1. The molecule has 1 atom stereocenters. The highest BCUT2D eigenvalue weighted by molar-refractivity contribution is 5.81. The van der Waals surface area contributed by atoms with Gasteiger partial charge in [0.25, 0.3) is 0 Å². The molecule has 1 unspecified atom stereocenters. The van der Waals surface area contributed by atoms with Crippen LogP contribution in [0.1, 0.15) is 19.4 Å². The third-order valence-corrected chi connectivity index (χ3v) is 3.16. The Morgan fingerprint density at radius 3 is 2.39 bits per heavy atom. The number of carbonyl (C=O) groups is 1. The van der Waals surface area contributed by atoms with Crippen LogP contribution in [0.3, 0.4) is 0 Å². The second kappa shape index (κ2) is 6.52. The molecular formula is C14H22N2O2. The zero-order valence-electron chi connectivity index (χ0n) is 11.3. The summed E-state index contributed by atoms with van der Waals surface area (Å²) in [6.45, 7) is 5.80. The number of hydrogen-bond donors (Lipinski definition) is 2.